The summed E-state index contributed by atoms with van der Waals surface area (Å²) in [6.45, 7) is 4.03. The smallest absolute Gasteiger partial charge is 0.174 e. The summed E-state index contributed by atoms with van der Waals surface area (Å²) in [5.74, 6) is 1.36. The summed E-state index contributed by atoms with van der Waals surface area (Å²) < 4.78 is 11.7. The first-order valence-electron chi connectivity index (χ1n) is 5.55. The van der Waals surface area contributed by atoms with E-state index in [1.807, 2.05) is 32.0 Å². The SMILES string of the molecule is Cc1cc(COc2c(C)cc(Br)cc2CO)on1. The van der Waals surface area contributed by atoms with Crippen LogP contribution in [0.15, 0.2) is 27.2 Å². The summed E-state index contributed by atoms with van der Waals surface area (Å²) in [6, 6.07) is 5.61. The van der Waals surface area contributed by atoms with Crippen LogP contribution in [-0.4, -0.2) is 10.3 Å². The molecular weight excluding hydrogens is 298 g/mol. The van der Waals surface area contributed by atoms with Crippen molar-refractivity contribution in [3.63, 3.8) is 0 Å². The molecule has 0 saturated heterocycles. The number of rotatable bonds is 4. The first-order valence-corrected chi connectivity index (χ1v) is 6.34. The Balaban J connectivity index is 2.18. The fraction of sp³-hybridized carbons (Fsp3) is 0.308. The highest BCUT2D eigenvalue weighted by Crippen LogP contribution is 2.28. The molecule has 0 bridgehead atoms. The highest BCUT2D eigenvalue weighted by molar-refractivity contribution is 9.10. The molecule has 0 aliphatic heterocycles. The Labute approximate surface area is 114 Å². The summed E-state index contributed by atoms with van der Waals surface area (Å²) in [5.41, 5.74) is 2.53. The maximum atomic E-state index is 9.33. The quantitative estimate of drug-likeness (QED) is 0.942. The summed E-state index contributed by atoms with van der Waals surface area (Å²) in [4.78, 5) is 0. The minimum Gasteiger partial charge on any atom is -0.485 e. The lowest BCUT2D eigenvalue weighted by Crippen LogP contribution is -2.00. The van der Waals surface area contributed by atoms with Crippen LogP contribution in [0.2, 0.25) is 0 Å². The second-order valence-corrected chi connectivity index (χ2v) is 5.01. The third-order valence-corrected chi connectivity index (χ3v) is 2.98. The van der Waals surface area contributed by atoms with E-state index in [1.54, 1.807) is 0 Å². The van der Waals surface area contributed by atoms with Gasteiger partial charge >= 0.3 is 0 Å². The number of aromatic nitrogens is 1. The number of aryl methyl sites for hydroxylation is 2. The fourth-order valence-corrected chi connectivity index (χ4v) is 2.37. The number of halogens is 1. The van der Waals surface area contributed by atoms with Crippen molar-refractivity contribution in [2.24, 2.45) is 0 Å². The van der Waals surface area contributed by atoms with Gasteiger partial charge in [-0.15, -0.1) is 0 Å². The van der Waals surface area contributed by atoms with Crippen LogP contribution in [0.25, 0.3) is 0 Å². The van der Waals surface area contributed by atoms with Crippen molar-refractivity contribution in [3.8, 4) is 5.75 Å². The van der Waals surface area contributed by atoms with Gasteiger partial charge in [0.2, 0.25) is 0 Å². The van der Waals surface area contributed by atoms with Crippen molar-refractivity contribution in [2.45, 2.75) is 27.1 Å². The molecule has 5 heteroatoms. The topological polar surface area (TPSA) is 55.5 Å². The minimum atomic E-state index is -0.0644. The minimum absolute atomic E-state index is 0.0644. The lowest BCUT2D eigenvalue weighted by molar-refractivity contribution is 0.232. The zero-order valence-electron chi connectivity index (χ0n) is 10.2. The Morgan fingerprint density at radius 3 is 2.72 bits per heavy atom. The van der Waals surface area contributed by atoms with E-state index in [4.69, 9.17) is 9.26 Å². The van der Waals surface area contributed by atoms with Crippen LogP contribution in [0.3, 0.4) is 0 Å². The van der Waals surface area contributed by atoms with Crippen LogP contribution in [0.5, 0.6) is 5.75 Å². The molecule has 0 aliphatic carbocycles. The first-order chi connectivity index (χ1) is 8.60. The number of hydrogen-bond donors (Lipinski definition) is 1. The van der Waals surface area contributed by atoms with E-state index in [9.17, 15) is 5.11 Å². The second-order valence-electron chi connectivity index (χ2n) is 4.09. The molecule has 2 aromatic rings. The number of benzene rings is 1. The Hall–Kier alpha value is -1.33. The molecule has 18 heavy (non-hydrogen) atoms. The van der Waals surface area contributed by atoms with E-state index in [1.165, 1.54) is 0 Å². The van der Waals surface area contributed by atoms with Gasteiger partial charge in [0.15, 0.2) is 5.76 Å². The molecule has 0 radical (unpaired) electrons. The van der Waals surface area contributed by atoms with E-state index in [2.05, 4.69) is 21.1 Å². The van der Waals surface area contributed by atoms with Gasteiger partial charge in [-0.3, -0.25) is 0 Å². The van der Waals surface area contributed by atoms with E-state index >= 15 is 0 Å². The molecule has 0 unspecified atom stereocenters. The van der Waals surface area contributed by atoms with Crippen molar-refractivity contribution in [3.05, 3.63) is 45.3 Å². The van der Waals surface area contributed by atoms with Crippen LogP contribution >= 0.6 is 15.9 Å². The van der Waals surface area contributed by atoms with Crippen molar-refractivity contribution in [1.29, 1.82) is 0 Å². The molecule has 1 aromatic heterocycles. The second kappa shape index (κ2) is 5.54. The van der Waals surface area contributed by atoms with E-state index in [0.29, 0.717) is 18.1 Å². The number of ether oxygens (including phenoxy) is 1. The molecule has 2 rings (SSSR count). The van der Waals surface area contributed by atoms with E-state index < -0.39 is 0 Å². The van der Waals surface area contributed by atoms with E-state index in [-0.39, 0.29) is 6.61 Å². The zero-order valence-corrected chi connectivity index (χ0v) is 11.8. The summed E-state index contributed by atoms with van der Waals surface area (Å²) >= 11 is 3.39. The van der Waals surface area contributed by atoms with Crippen LogP contribution in [0.1, 0.15) is 22.6 Å². The number of aliphatic hydroxyl groups excluding tert-OH is 1. The molecule has 0 saturated carbocycles. The van der Waals surface area contributed by atoms with Gasteiger partial charge in [0, 0.05) is 16.1 Å². The van der Waals surface area contributed by atoms with Gasteiger partial charge < -0.3 is 14.4 Å². The average Bonchev–Trinajstić information content (AvgIpc) is 2.73. The average molecular weight is 312 g/mol. The largest absolute Gasteiger partial charge is 0.485 e. The standard InChI is InChI=1S/C13H14BrNO3/c1-8-3-11(14)5-10(6-16)13(8)17-7-12-4-9(2)15-18-12/h3-5,16H,6-7H2,1-2H3. The summed E-state index contributed by atoms with van der Waals surface area (Å²) in [7, 11) is 0. The lowest BCUT2D eigenvalue weighted by atomic mass is 10.1. The molecule has 0 spiro atoms. The fourth-order valence-electron chi connectivity index (χ4n) is 1.75. The number of hydrogen-bond acceptors (Lipinski definition) is 4. The van der Waals surface area contributed by atoms with Crippen LogP contribution < -0.4 is 4.74 Å². The lowest BCUT2D eigenvalue weighted by Gasteiger charge is -2.12. The maximum absolute atomic E-state index is 9.33. The predicted molar refractivity (Wildman–Crippen MR) is 70.4 cm³/mol. The normalized spacial score (nSPS) is 10.7. The highest BCUT2D eigenvalue weighted by Gasteiger charge is 2.10. The number of nitrogens with zero attached hydrogens (tertiary/aromatic N) is 1. The molecule has 96 valence electrons. The Bertz CT molecular complexity index is 551. The van der Waals surface area contributed by atoms with Crippen molar-refractivity contribution in [2.75, 3.05) is 0 Å². The molecule has 0 fully saturated rings. The molecule has 1 N–H and O–H groups in total. The molecule has 0 aliphatic rings. The first kappa shape index (κ1) is 13.1. The third-order valence-electron chi connectivity index (χ3n) is 2.52. The van der Waals surface area contributed by atoms with Crippen molar-refractivity contribution < 1.29 is 14.4 Å². The maximum Gasteiger partial charge on any atom is 0.174 e. The Morgan fingerprint density at radius 1 is 1.33 bits per heavy atom. The van der Waals surface area contributed by atoms with Gasteiger partial charge in [-0.1, -0.05) is 21.1 Å². The molecule has 0 atom stereocenters. The highest BCUT2D eigenvalue weighted by atomic mass is 79.9. The van der Waals surface area contributed by atoms with Gasteiger partial charge in [-0.05, 0) is 31.5 Å². The summed E-state index contributed by atoms with van der Waals surface area (Å²) in [5, 5.41) is 13.1. The predicted octanol–water partition coefficient (Wildman–Crippen LogP) is 3.13. The molecule has 0 amide bonds. The Kier molecular flexibility index (Phi) is 4.04. The molecule has 1 aromatic carbocycles. The summed E-state index contributed by atoms with van der Waals surface area (Å²) in [6.07, 6.45) is 0. The van der Waals surface area contributed by atoms with Gasteiger partial charge in [0.1, 0.15) is 12.4 Å². The monoisotopic (exact) mass is 311 g/mol. The van der Waals surface area contributed by atoms with Crippen LogP contribution in [0.4, 0.5) is 0 Å². The van der Waals surface area contributed by atoms with Gasteiger partial charge in [-0.2, -0.15) is 0 Å². The van der Waals surface area contributed by atoms with E-state index in [0.717, 1.165) is 21.3 Å². The molecular formula is C13H14BrNO3. The van der Waals surface area contributed by atoms with Gasteiger partial charge in [0.05, 0.1) is 12.3 Å². The van der Waals surface area contributed by atoms with Crippen molar-refractivity contribution in [1.82, 2.24) is 5.16 Å². The number of aliphatic hydroxyl groups is 1. The Morgan fingerprint density at radius 2 is 2.11 bits per heavy atom. The van der Waals surface area contributed by atoms with Crippen LogP contribution in [0, 0.1) is 13.8 Å². The van der Waals surface area contributed by atoms with Crippen molar-refractivity contribution >= 4 is 15.9 Å². The third kappa shape index (κ3) is 2.91. The molecule has 1 heterocycles. The zero-order chi connectivity index (χ0) is 13.1. The van der Waals surface area contributed by atoms with Gasteiger partial charge in [0.25, 0.3) is 0 Å². The van der Waals surface area contributed by atoms with Gasteiger partial charge in [-0.25, -0.2) is 0 Å². The van der Waals surface area contributed by atoms with Crippen LogP contribution in [-0.2, 0) is 13.2 Å². The molecule has 4 nitrogen and oxygen atoms in total.